The van der Waals surface area contributed by atoms with Crippen LogP contribution in [0.15, 0.2) is 30.3 Å². The predicted molar refractivity (Wildman–Crippen MR) is 62.1 cm³/mol. The van der Waals surface area contributed by atoms with Gasteiger partial charge in [-0.1, -0.05) is 30.3 Å². The molecule has 2 rings (SSSR count). The zero-order valence-corrected chi connectivity index (χ0v) is 9.48. The smallest absolute Gasteiger partial charge is 0.324 e. The van der Waals surface area contributed by atoms with Gasteiger partial charge in [-0.2, -0.15) is 0 Å². The van der Waals surface area contributed by atoms with Crippen LogP contribution in [-0.2, 0) is 16.0 Å². The Labute approximate surface area is 95.8 Å². The van der Waals surface area contributed by atoms with Crippen LogP contribution in [0.25, 0.3) is 0 Å². The highest BCUT2D eigenvalue weighted by molar-refractivity contribution is 5.80. The van der Waals surface area contributed by atoms with E-state index in [1.807, 2.05) is 25.1 Å². The van der Waals surface area contributed by atoms with Gasteiger partial charge in [0.05, 0.1) is 6.61 Å². The van der Waals surface area contributed by atoms with Gasteiger partial charge in [-0.3, -0.25) is 10.1 Å². The average Bonchev–Trinajstić information content (AvgIpc) is 3.08. The van der Waals surface area contributed by atoms with E-state index in [0.717, 1.165) is 12.8 Å². The van der Waals surface area contributed by atoms with E-state index >= 15 is 0 Å². The Bertz CT molecular complexity index is 350. The van der Waals surface area contributed by atoms with Gasteiger partial charge >= 0.3 is 5.97 Å². The fourth-order valence-electron chi connectivity index (χ4n) is 1.86. The molecular formula is C13H17NO2. The molecule has 0 bridgehead atoms. The lowest BCUT2D eigenvalue weighted by Crippen LogP contribution is -2.15. The summed E-state index contributed by atoms with van der Waals surface area (Å²) in [6, 6.07) is 10.6. The van der Waals surface area contributed by atoms with Gasteiger partial charge in [-0.15, -0.1) is 0 Å². The zero-order chi connectivity index (χ0) is 11.4. The molecule has 0 aliphatic carbocycles. The summed E-state index contributed by atoms with van der Waals surface area (Å²) in [7, 11) is 0. The van der Waals surface area contributed by atoms with E-state index in [9.17, 15) is 4.79 Å². The number of hydrogen-bond acceptors (Lipinski definition) is 3. The molecule has 1 aromatic carbocycles. The van der Waals surface area contributed by atoms with Crippen molar-refractivity contribution >= 4 is 5.97 Å². The van der Waals surface area contributed by atoms with Crippen LogP contribution in [0, 0.1) is 0 Å². The quantitative estimate of drug-likeness (QED) is 0.603. The van der Waals surface area contributed by atoms with Crippen molar-refractivity contribution < 1.29 is 9.53 Å². The Morgan fingerprint density at radius 2 is 2.12 bits per heavy atom. The standard InChI is InChI=1S/C13H17NO2/c1-2-16-13(15)12-11(14-12)9-8-10-6-4-3-5-7-10/h3-7,11-12,14H,2,8-9H2,1H3/t11-,12+/m0/s1. The lowest BCUT2D eigenvalue weighted by Gasteiger charge is -2.00. The maximum absolute atomic E-state index is 11.3. The molecule has 1 N–H and O–H groups in total. The van der Waals surface area contributed by atoms with Crippen LogP contribution in [0.5, 0.6) is 0 Å². The minimum Gasteiger partial charge on any atom is -0.465 e. The third kappa shape index (κ3) is 2.83. The Kier molecular flexibility index (Phi) is 3.57. The highest BCUT2D eigenvalue weighted by Gasteiger charge is 2.42. The Morgan fingerprint density at radius 3 is 2.81 bits per heavy atom. The van der Waals surface area contributed by atoms with Crippen LogP contribution >= 0.6 is 0 Å². The molecule has 1 aliphatic rings. The van der Waals surface area contributed by atoms with Crippen LogP contribution in [0.1, 0.15) is 18.9 Å². The molecule has 2 atom stereocenters. The van der Waals surface area contributed by atoms with Gasteiger partial charge in [0.25, 0.3) is 0 Å². The molecule has 0 aromatic heterocycles. The van der Waals surface area contributed by atoms with Gasteiger partial charge in [0.15, 0.2) is 0 Å². The molecule has 1 aromatic rings. The van der Waals surface area contributed by atoms with Crippen molar-refractivity contribution in [1.82, 2.24) is 5.32 Å². The molecule has 0 spiro atoms. The molecule has 1 fully saturated rings. The SMILES string of the molecule is CCOC(=O)[C@@H]1N[C@H]1CCc1ccccc1. The number of benzene rings is 1. The maximum atomic E-state index is 11.3. The number of carbonyl (C=O) groups excluding carboxylic acids is 1. The molecule has 16 heavy (non-hydrogen) atoms. The Hall–Kier alpha value is -1.35. The predicted octanol–water partition coefficient (Wildman–Crippen LogP) is 1.52. The van der Waals surface area contributed by atoms with Crippen molar-refractivity contribution in [1.29, 1.82) is 0 Å². The van der Waals surface area contributed by atoms with Crippen molar-refractivity contribution in [3.63, 3.8) is 0 Å². The van der Waals surface area contributed by atoms with Crippen LogP contribution < -0.4 is 5.32 Å². The van der Waals surface area contributed by atoms with Gasteiger partial charge < -0.3 is 4.74 Å². The summed E-state index contributed by atoms with van der Waals surface area (Å²) >= 11 is 0. The summed E-state index contributed by atoms with van der Waals surface area (Å²) in [6.45, 7) is 2.29. The zero-order valence-electron chi connectivity index (χ0n) is 9.48. The fraction of sp³-hybridized carbons (Fsp3) is 0.462. The summed E-state index contributed by atoms with van der Waals surface area (Å²) in [5, 5.41) is 3.15. The van der Waals surface area contributed by atoms with Crippen molar-refractivity contribution in [2.24, 2.45) is 0 Å². The molecule has 1 saturated heterocycles. The minimum atomic E-state index is -0.111. The van der Waals surface area contributed by atoms with E-state index in [4.69, 9.17) is 4.74 Å². The number of ether oxygens (including phenoxy) is 1. The summed E-state index contributed by atoms with van der Waals surface area (Å²) in [6.07, 6.45) is 2.00. The third-order valence-corrected chi connectivity index (χ3v) is 2.81. The Morgan fingerprint density at radius 1 is 1.38 bits per heavy atom. The van der Waals surface area contributed by atoms with Gasteiger partial charge in [0.2, 0.25) is 0 Å². The number of carbonyl (C=O) groups is 1. The number of nitrogens with one attached hydrogen (secondary N) is 1. The average molecular weight is 219 g/mol. The van der Waals surface area contributed by atoms with Crippen molar-refractivity contribution in [3.8, 4) is 0 Å². The topological polar surface area (TPSA) is 48.2 Å². The van der Waals surface area contributed by atoms with Crippen LogP contribution in [-0.4, -0.2) is 24.7 Å². The van der Waals surface area contributed by atoms with Gasteiger partial charge in [0, 0.05) is 6.04 Å². The normalized spacial score (nSPS) is 22.8. The second-order valence-electron chi connectivity index (χ2n) is 4.03. The van der Waals surface area contributed by atoms with Crippen molar-refractivity contribution in [2.45, 2.75) is 31.8 Å². The minimum absolute atomic E-state index is 0.0661. The summed E-state index contributed by atoms with van der Waals surface area (Å²) in [5.74, 6) is -0.111. The first-order valence-corrected chi connectivity index (χ1v) is 5.78. The van der Waals surface area contributed by atoms with E-state index in [2.05, 4.69) is 17.4 Å². The molecule has 1 aliphatic heterocycles. The number of aryl methyl sites for hydroxylation is 1. The molecule has 1 heterocycles. The summed E-state index contributed by atoms with van der Waals surface area (Å²) in [5.41, 5.74) is 1.32. The van der Waals surface area contributed by atoms with E-state index in [1.165, 1.54) is 5.56 Å². The second-order valence-corrected chi connectivity index (χ2v) is 4.03. The first kappa shape index (κ1) is 11.1. The molecule has 0 saturated carbocycles. The van der Waals surface area contributed by atoms with Gasteiger partial charge in [0.1, 0.15) is 6.04 Å². The highest BCUT2D eigenvalue weighted by Crippen LogP contribution is 2.18. The fourth-order valence-corrected chi connectivity index (χ4v) is 1.86. The number of rotatable bonds is 5. The van der Waals surface area contributed by atoms with Crippen LogP contribution in [0.3, 0.4) is 0 Å². The molecular weight excluding hydrogens is 202 g/mol. The summed E-state index contributed by atoms with van der Waals surface area (Å²) in [4.78, 5) is 11.3. The number of esters is 1. The summed E-state index contributed by atoms with van der Waals surface area (Å²) < 4.78 is 4.95. The lowest BCUT2D eigenvalue weighted by atomic mass is 10.1. The highest BCUT2D eigenvalue weighted by atomic mass is 16.5. The maximum Gasteiger partial charge on any atom is 0.324 e. The van der Waals surface area contributed by atoms with E-state index in [1.54, 1.807) is 0 Å². The molecule has 3 heteroatoms. The molecule has 0 unspecified atom stereocenters. The third-order valence-electron chi connectivity index (χ3n) is 2.81. The van der Waals surface area contributed by atoms with E-state index in [-0.39, 0.29) is 12.0 Å². The Balaban J connectivity index is 1.72. The van der Waals surface area contributed by atoms with E-state index in [0.29, 0.717) is 12.6 Å². The van der Waals surface area contributed by atoms with Crippen molar-refractivity contribution in [2.75, 3.05) is 6.61 Å². The van der Waals surface area contributed by atoms with Crippen LogP contribution in [0.2, 0.25) is 0 Å². The van der Waals surface area contributed by atoms with Gasteiger partial charge in [-0.25, -0.2) is 0 Å². The van der Waals surface area contributed by atoms with Crippen LogP contribution in [0.4, 0.5) is 0 Å². The largest absolute Gasteiger partial charge is 0.465 e. The molecule has 86 valence electrons. The lowest BCUT2D eigenvalue weighted by molar-refractivity contribution is -0.142. The second kappa shape index (κ2) is 5.12. The first-order chi connectivity index (χ1) is 7.81. The first-order valence-electron chi connectivity index (χ1n) is 5.78. The molecule has 3 nitrogen and oxygen atoms in total. The monoisotopic (exact) mass is 219 g/mol. The molecule has 0 amide bonds. The van der Waals surface area contributed by atoms with E-state index < -0.39 is 0 Å². The molecule has 0 radical (unpaired) electrons. The number of hydrogen-bond donors (Lipinski definition) is 1. The van der Waals surface area contributed by atoms with Crippen molar-refractivity contribution in [3.05, 3.63) is 35.9 Å². The van der Waals surface area contributed by atoms with Gasteiger partial charge in [-0.05, 0) is 25.3 Å².